The molecule has 1 heteroatoms. The fourth-order valence-corrected chi connectivity index (χ4v) is 1.52. The number of hydrogen-bond donors (Lipinski definition) is 0. The molecule has 2 aromatic carbocycles. The van der Waals surface area contributed by atoms with Crippen molar-refractivity contribution in [1.29, 1.82) is 0 Å². The minimum atomic E-state index is 0.566. The zero-order valence-corrected chi connectivity index (χ0v) is 9.23. The molecule has 0 radical (unpaired) electrons. The number of ether oxygens (including phenoxy) is 1. The van der Waals surface area contributed by atoms with E-state index in [0.29, 0.717) is 5.92 Å². The van der Waals surface area contributed by atoms with E-state index >= 15 is 0 Å². The Balaban J connectivity index is 2.23. The molecule has 0 spiro atoms. The van der Waals surface area contributed by atoms with Crippen LogP contribution in [0.5, 0.6) is 5.75 Å². The first-order valence-corrected chi connectivity index (χ1v) is 5.37. The van der Waals surface area contributed by atoms with Crippen molar-refractivity contribution in [2.75, 3.05) is 6.61 Å². The van der Waals surface area contributed by atoms with E-state index in [1.165, 1.54) is 10.8 Å². The van der Waals surface area contributed by atoms with Crippen LogP contribution in [-0.4, -0.2) is 6.61 Å². The van der Waals surface area contributed by atoms with Crippen molar-refractivity contribution in [1.82, 2.24) is 0 Å². The van der Waals surface area contributed by atoms with Crippen molar-refractivity contribution in [2.24, 2.45) is 5.92 Å². The Morgan fingerprint density at radius 3 is 2.47 bits per heavy atom. The molecule has 0 saturated heterocycles. The van der Waals surface area contributed by atoms with E-state index in [4.69, 9.17) is 4.74 Å². The van der Waals surface area contributed by atoms with Gasteiger partial charge in [-0.05, 0) is 28.8 Å². The van der Waals surface area contributed by atoms with Crippen LogP contribution >= 0.6 is 0 Å². The Morgan fingerprint density at radius 1 is 1.00 bits per heavy atom. The highest BCUT2D eigenvalue weighted by atomic mass is 16.5. The van der Waals surface area contributed by atoms with Gasteiger partial charge in [-0.2, -0.15) is 0 Å². The third-order valence-corrected chi connectivity index (χ3v) is 2.30. The van der Waals surface area contributed by atoms with Crippen LogP contribution in [0.25, 0.3) is 10.8 Å². The average Bonchev–Trinajstić information content (AvgIpc) is 2.26. The van der Waals surface area contributed by atoms with Crippen molar-refractivity contribution in [2.45, 2.75) is 13.8 Å². The third-order valence-electron chi connectivity index (χ3n) is 2.30. The molecule has 0 atom stereocenters. The summed E-state index contributed by atoms with van der Waals surface area (Å²) in [6.45, 7) is 5.08. The number of fused-ring (bicyclic) bond motifs is 1. The second kappa shape index (κ2) is 4.35. The van der Waals surface area contributed by atoms with Crippen LogP contribution in [0.1, 0.15) is 13.8 Å². The van der Waals surface area contributed by atoms with Gasteiger partial charge < -0.3 is 4.74 Å². The predicted molar refractivity (Wildman–Crippen MR) is 64.3 cm³/mol. The van der Waals surface area contributed by atoms with E-state index in [2.05, 4.69) is 50.2 Å². The quantitative estimate of drug-likeness (QED) is 0.730. The Morgan fingerprint density at radius 2 is 1.73 bits per heavy atom. The van der Waals surface area contributed by atoms with Gasteiger partial charge in [0.25, 0.3) is 0 Å². The molecule has 0 bridgehead atoms. The van der Waals surface area contributed by atoms with Gasteiger partial charge in [0.1, 0.15) is 5.75 Å². The fraction of sp³-hybridized carbons (Fsp3) is 0.286. The largest absolute Gasteiger partial charge is 0.493 e. The molecule has 0 fully saturated rings. The van der Waals surface area contributed by atoms with Gasteiger partial charge in [-0.1, -0.05) is 44.2 Å². The Kier molecular flexibility index (Phi) is 2.91. The first-order valence-electron chi connectivity index (χ1n) is 5.37. The lowest BCUT2D eigenvalue weighted by atomic mass is 10.1. The summed E-state index contributed by atoms with van der Waals surface area (Å²) in [7, 11) is 0. The summed E-state index contributed by atoms with van der Waals surface area (Å²) in [6.07, 6.45) is 0. The molecule has 0 N–H and O–H groups in total. The van der Waals surface area contributed by atoms with Crippen molar-refractivity contribution in [3.63, 3.8) is 0 Å². The summed E-state index contributed by atoms with van der Waals surface area (Å²) in [4.78, 5) is 0. The van der Waals surface area contributed by atoms with Crippen LogP contribution in [0.3, 0.4) is 0 Å². The molecule has 0 saturated carbocycles. The highest BCUT2D eigenvalue weighted by molar-refractivity contribution is 5.83. The van der Waals surface area contributed by atoms with Gasteiger partial charge in [0.15, 0.2) is 0 Å². The SMILES string of the molecule is CC(C)COc1ccc2ccccc2c1. The molecule has 0 heterocycles. The van der Waals surface area contributed by atoms with Crippen LogP contribution in [0.2, 0.25) is 0 Å². The van der Waals surface area contributed by atoms with Crippen LogP contribution < -0.4 is 4.74 Å². The maximum atomic E-state index is 5.68. The van der Waals surface area contributed by atoms with Gasteiger partial charge >= 0.3 is 0 Å². The van der Waals surface area contributed by atoms with E-state index in [9.17, 15) is 0 Å². The summed E-state index contributed by atoms with van der Waals surface area (Å²) < 4.78 is 5.68. The lowest BCUT2D eigenvalue weighted by molar-refractivity contribution is 0.271. The number of hydrogen-bond acceptors (Lipinski definition) is 1. The van der Waals surface area contributed by atoms with Gasteiger partial charge in [-0.25, -0.2) is 0 Å². The molecule has 0 aromatic heterocycles. The molecular weight excluding hydrogens is 184 g/mol. The number of benzene rings is 2. The van der Waals surface area contributed by atoms with Crippen LogP contribution in [0, 0.1) is 5.92 Å². The summed E-state index contributed by atoms with van der Waals surface area (Å²) in [6, 6.07) is 14.6. The highest BCUT2D eigenvalue weighted by Crippen LogP contribution is 2.20. The Hall–Kier alpha value is -1.50. The van der Waals surface area contributed by atoms with Crippen LogP contribution in [0.4, 0.5) is 0 Å². The van der Waals surface area contributed by atoms with Gasteiger partial charge in [0, 0.05) is 0 Å². The minimum absolute atomic E-state index is 0.566. The molecule has 2 aromatic rings. The van der Waals surface area contributed by atoms with E-state index in [-0.39, 0.29) is 0 Å². The van der Waals surface area contributed by atoms with E-state index < -0.39 is 0 Å². The molecule has 2 rings (SSSR count). The molecule has 0 unspecified atom stereocenters. The summed E-state index contributed by atoms with van der Waals surface area (Å²) in [5.41, 5.74) is 0. The fourth-order valence-electron chi connectivity index (χ4n) is 1.52. The normalized spacial score (nSPS) is 10.9. The van der Waals surface area contributed by atoms with E-state index in [0.717, 1.165) is 12.4 Å². The molecular formula is C14H16O. The monoisotopic (exact) mass is 200 g/mol. The van der Waals surface area contributed by atoms with Gasteiger partial charge in [0.05, 0.1) is 6.61 Å². The Labute approximate surface area is 90.7 Å². The summed E-state index contributed by atoms with van der Waals surface area (Å²) >= 11 is 0. The maximum Gasteiger partial charge on any atom is 0.119 e. The molecule has 0 aliphatic carbocycles. The first kappa shape index (κ1) is 10.0. The predicted octanol–water partition coefficient (Wildman–Crippen LogP) is 3.87. The molecule has 0 aliphatic rings. The van der Waals surface area contributed by atoms with Crippen molar-refractivity contribution >= 4 is 10.8 Å². The van der Waals surface area contributed by atoms with Crippen molar-refractivity contribution in [3.05, 3.63) is 42.5 Å². The lowest BCUT2D eigenvalue weighted by Gasteiger charge is -2.09. The Bertz CT molecular complexity index is 446. The van der Waals surface area contributed by atoms with Crippen molar-refractivity contribution in [3.8, 4) is 5.75 Å². The second-order valence-electron chi connectivity index (χ2n) is 4.21. The smallest absolute Gasteiger partial charge is 0.119 e. The maximum absolute atomic E-state index is 5.68. The molecule has 78 valence electrons. The minimum Gasteiger partial charge on any atom is -0.493 e. The van der Waals surface area contributed by atoms with Crippen LogP contribution in [0.15, 0.2) is 42.5 Å². The topological polar surface area (TPSA) is 9.23 Å². The zero-order valence-electron chi connectivity index (χ0n) is 9.23. The summed E-state index contributed by atoms with van der Waals surface area (Å²) in [5, 5.41) is 2.49. The summed E-state index contributed by atoms with van der Waals surface area (Å²) in [5.74, 6) is 1.53. The van der Waals surface area contributed by atoms with E-state index in [1.807, 2.05) is 6.07 Å². The molecule has 0 aliphatic heterocycles. The lowest BCUT2D eigenvalue weighted by Crippen LogP contribution is -2.04. The zero-order chi connectivity index (χ0) is 10.7. The molecule has 15 heavy (non-hydrogen) atoms. The van der Waals surface area contributed by atoms with Gasteiger partial charge in [0.2, 0.25) is 0 Å². The van der Waals surface area contributed by atoms with Crippen LogP contribution in [-0.2, 0) is 0 Å². The van der Waals surface area contributed by atoms with Gasteiger partial charge in [-0.3, -0.25) is 0 Å². The van der Waals surface area contributed by atoms with E-state index in [1.54, 1.807) is 0 Å². The second-order valence-corrected chi connectivity index (χ2v) is 4.21. The first-order chi connectivity index (χ1) is 7.25. The van der Waals surface area contributed by atoms with Crippen molar-refractivity contribution < 1.29 is 4.74 Å². The van der Waals surface area contributed by atoms with Gasteiger partial charge in [-0.15, -0.1) is 0 Å². The molecule has 1 nitrogen and oxygen atoms in total. The third kappa shape index (κ3) is 2.50. The average molecular weight is 200 g/mol. The number of rotatable bonds is 3. The molecule has 0 amide bonds. The standard InChI is InChI=1S/C14H16O/c1-11(2)10-15-14-8-7-12-5-3-4-6-13(12)9-14/h3-9,11H,10H2,1-2H3. The highest BCUT2D eigenvalue weighted by Gasteiger charge is 1.98.